The summed E-state index contributed by atoms with van der Waals surface area (Å²) in [5.41, 5.74) is 8.35. The minimum Gasteiger partial charge on any atom is -0.398 e. The molecular formula is C14H20N2O. The first-order valence-corrected chi connectivity index (χ1v) is 6.05. The monoisotopic (exact) mass is 232 g/mol. The Kier molecular flexibility index (Phi) is 2.86. The molecule has 0 atom stereocenters. The van der Waals surface area contributed by atoms with Gasteiger partial charge in [-0.05, 0) is 30.4 Å². The molecule has 0 saturated carbocycles. The Balaban J connectivity index is 2.27. The van der Waals surface area contributed by atoms with Crippen molar-refractivity contribution in [1.29, 1.82) is 0 Å². The maximum atomic E-state index is 12.4. The molecule has 3 nitrogen and oxygen atoms in total. The highest BCUT2D eigenvalue weighted by atomic mass is 16.2. The second-order valence-corrected chi connectivity index (χ2v) is 5.68. The number of nitrogens with two attached hydrogens (primary N) is 1. The lowest BCUT2D eigenvalue weighted by atomic mass is 9.93. The summed E-state index contributed by atoms with van der Waals surface area (Å²) >= 11 is 0. The average Bonchev–Trinajstić information content (AvgIpc) is 2.58. The van der Waals surface area contributed by atoms with Crippen LogP contribution in [0, 0.1) is 12.3 Å². The number of benzene rings is 1. The van der Waals surface area contributed by atoms with E-state index in [1.165, 1.54) is 0 Å². The smallest absolute Gasteiger partial charge is 0.256 e. The summed E-state index contributed by atoms with van der Waals surface area (Å²) in [6, 6.07) is 5.61. The predicted octanol–water partition coefficient (Wildman–Crippen LogP) is 2.45. The summed E-state index contributed by atoms with van der Waals surface area (Å²) in [4.78, 5) is 14.3. The molecule has 2 rings (SSSR count). The molecule has 1 amide bonds. The Morgan fingerprint density at radius 1 is 1.41 bits per heavy atom. The SMILES string of the molecule is Cc1cccc(N)c1C(=O)N1CCC(C)(C)C1. The van der Waals surface area contributed by atoms with Crippen molar-refractivity contribution >= 4 is 11.6 Å². The number of carbonyl (C=O) groups is 1. The average molecular weight is 232 g/mol. The summed E-state index contributed by atoms with van der Waals surface area (Å²) < 4.78 is 0. The number of nitrogens with zero attached hydrogens (tertiary/aromatic N) is 1. The predicted molar refractivity (Wildman–Crippen MR) is 69.9 cm³/mol. The quantitative estimate of drug-likeness (QED) is 0.756. The van der Waals surface area contributed by atoms with Crippen LogP contribution in [0.1, 0.15) is 36.2 Å². The summed E-state index contributed by atoms with van der Waals surface area (Å²) in [5.74, 6) is 0.0752. The van der Waals surface area contributed by atoms with E-state index in [-0.39, 0.29) is 11.3 Å². The lowest BCUT2D eigenvalue weighted by Crippen LogP contribution is -2.31. The molecule has 0 aromatic heterocycles. The van der Waals surface area contributed by atoms with Crippen molar-refractivity contribution in [3.63, 3.8) is 0 Å². The van der Waals surface area contributed by atoms with Crippen molar-refractivity contribution in [2.24, 2.45) is 5.41 Å². The molecule has 92 valence electrons. The highest BCUT2D eigenvalue weighted by Gasteiger charge is 2.33. The molecule has 0 unspecified atom stereocenters. The number of amides is 1. The molecule has 1 aliphatic rings. The number of aryl methyl sites for hydroxylation is 1. The topological polar surface area (TPSA) is 46.3 Å². The van der Waals surface area contributed by atoms with Crippen LogP contribution in [0.3, 0.4) is 0 Å². The van der Waals surface area contributed by atoms with Crippen LogP contribution in [0.4, 0.5) is 5.69 Å². The normalized spacial score (nSPS) is 18.4. The third-order valence-electron chi connectivity index (χ3n) is 3.48. The zero-order chi connectivity index (χ0) is 12.6. The van der Waals surface area contributed by atoms with Crippen LogP contribution < -0.4 is 5.73 Å². The Bertz CT molecular complexity index is 431. The summed E-state index contributed by atoms with van der Waals surface area (Å²) in [6.07, 6.45) is 1.06. The van der Waals surface area contributed by atoms with Gasteiger partial charge in [0.15, 0.2) is 0 Å². The van der Waals surface area contributed by atoms with Gasteiger partial charge in [-0.1, -0.05) is 26.0 Å². The van der Waals surface area contributed by atoms with Gasteiger partial charge in [-0.25, -0.2) is 0 Å². The zero-order valence-electron chi connectivity index (χ0n) is 10.8. The molecule has 1 saturated heterocycles. The lowest BCUT2D eigenvalue weighted by Gasteiger charge is -2.21. The van der Waals surface area contributed by atoms with Crippen LogP contribution in [-0.2, 0) is 0 Å². The van der Waals surface area contributed by atoms with Gasteiger partial charge in [0.2, 0.25) is 0 Å². The van der Waals surface area contributed by atoms with Gasteiger partial charge in [-0.2, -0.15) is 0 Å². The zero-order valence-corrected chi connectivity index (χ0v) is 10.8. The molecule has 0 radical (unpaired) electrons. The van der Waals surface area contributed by atoms with Gasteiger partial charge >= 0.3 is 0 Å². The second-order valence-electron chi connectivity index (χ2n) is 5.68. The maximum absolute atomic E-state index is 12.4. The van der Waals surface area contributed by atoms with E-state index in [1.807, 2.05) is 24.0 Å². The van der Waals surface area contributed by atoms with Crippen LogP contribution in [0.15, 0.2) is 18.2 Å². The number of likely N-dealkylation sites (tertiary alicyclic amines) is 1. The van der Waals surface area contributed by atoms with E-state index in [2.05, 4.69) is 13.8 Å². The maximum Gasteiger partial charge on any atom is 0.256 e. The molecule has 1 heterocycles. The first-order valence-electron chi connectivity index (χ1n) is 6.05. The number of hydrogen-bond donors (Lipinski definition) is 1. The molecule has 0 aliphatic carbocycles. The number of rotatable bonds is 1. The fraction of sp³-hybridized carbons (Fsp3) is 0.500. The van der Waals surface area contributed by atoms with E-state index < -0.39 is 0 Å². The largest absolute Gasteiger partial charge is 0.398 e. The van der Waals surface area contributed by atoms with E-state index >= 15 is 0 Å². The van der Waals surface area contributed by atoms with E-state index in [0.717, 1.165) is 25.1 Å². The first kappa shape index (κ1) is 12.0. The van der Waals surface area contributed by atoms with Gasteiger partial charge in [-0.15, -0.1) is 0 Å². The molecule has 2 N–H and O–H groups in total. The van der Waals surface area contributed by atoms with E-state index in [9.17, 15) is 4.79 Å². The third-order valence-corrected chi connectivity index (χ3v) is 3.48. The summed E-state index contributed by atoms with van der Waals surface area (Å²) in [7, 11) is 0. The number of carbonyl (C=O) groups excluding carboxylic acids is 1. The Labute approximate surface area is 103 Å². The van der Waals surface area contributed by atoms with Crippen molar-refractivity contribution in [3.8, 4) is 0 Å². The minimum absolute atomic E-state index is 0.0752. The van der Waals surface area contributed by atoms with E-state index in [1.54, 1.807) is 6.07 Å². The van der Waals surface area contributed by atoms with Crippen molar-refractivity contribution < 1.29 is 4.79 Å². The van der Waals surface area contributed by atoms with Crippen LogP contribution in [0.5, 0.6) is 0 Å². The Morgan fingerprint density at radius 2 is 2.12 bits per heavy atom. The van der Waals surface area contributed by atoms with Gasteiger partial charge in [-0.3, -0.25) is 4.79 Å². The molecule has 1 fully saturated rings. The third kappa shape index (κ3) is 2.28. The van der Waals surface area contributed by atoms with E-state index in [0.29, 0.717) is 11.3 Å². The molecule has 0 bridgehead atoms. The standard InChI is InChI=1S/C14H20N2O/c1-10-5-4-6-11(15)12(10)13(17)16-8-7-14(2,3)9-16/h4-6H,7-9,15H2,1-3H3. The fourth-order valence-electron chi connectivity index (χ4n) is 2.43. The fourth-order valence-corrected chi connectivity index (χ4v) is 2.43. The van der Waals surface area contributed by atoms with Crippen LogP contribution >= 0.6 is 0 Å². The van der Waals surface area contributed by atoms with Crippen molar-refractivity contribution in [1.82, 2.24) is 4.90 Å². The molecule has 3 heteroatoms. The van der Waals surface area contributed by atoms with Crippen LogP contribution in [0.2, 0.25) is 0 Å². The van der Waals surface area contributed by atoms with Gasteiger partial charge in [0.25, 0.3) is 5.91 Å². The second kappa shape index (κ2) is 4.06. The van der Waals surface area contributed by atoms with E-state index in [4.69, 9.17) is 5.73 Å². The summed E-state index contributed by atoms with van der Waals surface area (Å²) in [5, 5.41) is 0. The highest BCUT2D eigenvalue weighted by molar-refractivity contribution is 6.00. The molecule has 17 heavy (non-hydrogen) atoms. The van der Waals surface area contributed by atoms with Crippen LogP contribution in [0.25, 0.3) is 0 Å². The Morgan fingerprint density at radius 3 is 2.65 bits per heavy atom. The highest BCUT2D eigenvalue weighted by Crippen LogP contribution is 2.31. The number of nitrogen functional groups attached to an aromatic ring is 1. The number of hydrogen-bond acceptors (Lipinski definition) is 2. The minimum atomic E-state index is 0.0752. The van der Waals surface area contributed by atoms with Crippen molar-refractivity contribution in [2.75, 3.05) is 18.8 Å². The Hall–Kier alpha value is -1.51. The van der Waals surface area contributed by atoms with Gasteiger partial charge in [0, 0.05) is 18.8 Å². The first-order chi connectivity index (χ1) is 7.91. The van der Waals surface area contributed by atoms with Crippen molar-refractivity contribution in [3.05, 3.63) is 29.3 Å². The molecule has 1 aliphatic heterocycles. The summed E-state index contributed by atoms with van der Waals surface area (Å²) in [6.45, 7) is 7.98. The molecule has 1 aromatic carbocycles. The number of anilines is 1. The van der Waals surface area contributed by atoms with Gasteiger partial charge in [0.1, 0.15) is 0 Å². The lowest BCUT2D eigenvalue weighted by molar-refractivity contribution is 0.0778. The van der Waals surface area contributed by atoms with Gasteiger partial charge in [0.05, 0.1) is 5.56 Å². The van der Waals surface area contributed by atoms with Crippen molar-refractivity contribution in [2.45, 2.75) is 27.2 Å². The molecule has 1 aromatic rings. The van der Waals surface area contributed by atoms with Crippen LogP contribution in [-0.4, -0.2) is 23.9 Å². The molecule has 0 spiro atoms. The molecular weight excluding hydrogens is 212 g/mol. The van der Waals surface area contributed by atoms with Gasteiger partial charge < -0.3 is 10.6 Å².